The van der Waals surface area contributed by atoms with E-state index >= 15 is 0 Å². The van der Waals surface area contributed by atoms with Crippen LogP contribution in [0.25, 0.3) is 0 Å². The summed E-state index contributed by atoms with van der Waals surface area (Å²) in [4.78, 5) is 12.7. The fourth-order valence-corrected chi connectivity index (χ4v) is 3.69. The summed E-state index contributed by atoms with van der Waals surface area (Å²) in [6.45, 7) is 3.96. The Labute approximate surface area is 178 Å². The van der Waals surface area contributed by atoms with E-state index in [1.807, 2.05) is 27.0 Å². The Balaban J connectivity index is 1.74. The first kappa shape index (κ1) is 20.5. The van der Waals surface area contributed by atoms with Gasteiger partial charge in [0.25, 0.3) is 5.91 Å². The summed E-state index contributed by atoms with van der Waals surface area (Å²) in [6, 6.07) is 10.3. The molecule has 3 aromatic rings. The van der Waals surface area contributed by atoms with Crippen LogP contribution in [0.15, 0.2) is 36.4 Å². The molecule has 0 saturated heterocycles. The maximum atomic E-state index is 12.7. The summed E-state index contributed by atoms with van der Waals surface area (Å²) < 4.78 is 7.47. The second-order valence-corrected chi connectivity index (χ2v) is 7.56. The predicted octanol–water partition coefficient (Wildman–Crippen LogP) is 5.83. The molecule has 0 radical (unpaired) electrons. The summed E-state index contributed by atoms with van der Waals surface area (Å²) >= 11 is 18.2. The molecule has 1 heterocycles. The summed E-state index contributed by atoms with van der Waals surface area (Å²) in [5.41, 5.74) is 3.68. The van der Waals surface area contributed by atoms with E-state index in [0.29, 0.717) is 32.1 Å². The quantitative estimate of drug-likeness (QED) is 0.545. The van der Waals surface area contributed by atoms with E-state index in [1.165, 1.54) is 0 Å². The van der Waals surface area contributed by atoms with Gasteiger partial charge in [0.15, 0.2) is 5.75 Å². The van der Waals surface area contributed by atoms with E-state index in [9.17, 15) is 4.79 Å². The van der Waals surface area contributed by atoms with Crippen molar-refractivity contribution in [2.45, 2.75) is 20.5 Å². The smallest absolute Gasteiger partial charge is 0.255 e. The fourth-order valence-electron chi connectivity index (χ4n) is 2.76. The lowest BCUT2D eigenvalue weighted by atomic mass is 10.1. The largest absolute Gasteiger partial charge is 0.486 e. The van der Waals surface area contributed by atoms with Crippen LogP contribution in [-0.4, -0.2) is 15.7 Å². The number of hydrogen-bond donors (Lipinski definition) is 1. The lowest BCUT2D eigenvalue weighted by molar-refractivity contribution is 0.102. The highest BCUT2D eigenvalue weighted by Crippen LogP contribution is 2.36. The molecule has 5 nitrogen and oxygen atoms in total. The molecule has 1 N–H and O–H groups in total. The highest BCUT2D eigenvalue weighted by Gasteiger charge is 2.15. The third-order valence-electron chi connectivity index (χ3n) is 4.28. The van der Waals surface area contributed by atoms with Crippen molar-refractivity contribution in [1.29, 1.82) is 0 Å². The van der Waals surface area contributed by atoms with Crippen LogP contribution in [0.1, 0.15) is 27.3 Å². The van der Waals surface area contributed by atoms with E-state index in [4.69, 9.17) is 39.5 Å². The number of aromatic nitrogens is 2. The van der Waals surface area contributed by atoms with Crippen molar-refractivity contribution in [3.8, 4) is 5.75 Å². The standard InChI is InChI=1S/C20H18Cl3N3O2/c1-11-18(12(2)26(3)25-11)24-20(27)14-6-4-5-13(7-14)10-28-19-16(22)8-15(21)9-17(19)23/h4-9H,10H2,1-3H3,(H,24,27). The molecule has 0 aliphatic heterocycles. The molecule has 3 rings (SSSR count). The van der Waals surface area contributed by atoms with Crippen molar-refractivity contribution in [2.24, 2.45) is 7.05 Å². The minimum Gasteiger partial charge on any atom is -0.486 e. The Morgan fingerprint density at radius 2 is 1.82 bits per heavy atom. The molecule has 1 aromatic heterocycles. The van der Waals surface area contributed by atoms with Crippen LogP contribution >= 0.6 is 34.8 Å². The van der Waals surface area contributed by atoms with Crippen LogP contribution in [0.5, 0.6) is 5.75 Å². The fraction of sp³-hybridized carbons (Fsp3) is 0.200. The molecule has 0 spiro atoms. The van der Waals surface area contributed by atoms with E-state index in [-0.39, 0.29) is 12.5 Å². The van der Waals surface area contributed by atoms with Gasteiger partial charge in [0.1, 0.15) is 6.61 Å². The number of rotatable bonds is 5. The van der Waals surface area contributed by atoms with E-state index in [0.717, 1.165) is 17.0 Å². The molecule has 146 valence electrons. The summed E-state index contributed by atoms with van der Waals surface area (Å²) in [5.74, 6) is 0.132. The highest BCUT2D eigenvalue weighted by atomic mass is 35.5. The zero-order chi connectivity index (χ0) is 20.4. The number of nitrogens with zero attached hydrogens (tertiary/aromatic N) is 2. The Kier molecular flexibility index (Phi) is 6.18. The molecule has 0 unspecified atom stereocenters. The molecular formula is C20H18Cl3N3O2. The number of anilines is 1. The third-order valence-corrected chi connectivity index (χ3v) is 5.06. The molecule has 8 heteroatoms. The summed E-state index contributed by atoms with van der Waals surface area (Å²) in [6.07, 6.45) is 0. The molecule has 0 atom stereocenters. The zero-order valence-corrected chi connectivity index (χ0v) is 17.8. The van der Waals surface area contributed by atoms with Crippen molar-refractivity contribution in [1.82, 2.24) is 9.78 Å². The topological polar surface area (TPSA) is 56.2 Å². The number of halogens is 3. The van der Waals surface area contributed by atoms with Gasteiger partial charge in [-0.1, -0.05) is 46.9 Å². The number of aryl methyl sites for hydroxylation is 2. The average Bonchev–Trinajstić information content (AvgIpc) is 2.87. The molecular weight excluding hydrogens is 421 g/mol. The van der Waals surface area contributed by atoms with Gasteiger partial charge in [-0.3, -0.25) is 9.48 Å². The second kappa shape index (κ2) is 8.43. The molecule has 0 aliphatic rings. The number of carbonyl (C=O) groups is 1. The molecule has 1 amide bonds. The Morgan fingerprint density at radius 3 is 2.43 bits per heavy atom. The number of amides is 1. The predicted molar refractivity (Wildman–Crippen MR) is 113 cm³/mol. The van der Waals surface area contributed by atoms with Crippen molar-refractivity contribution in [2.75, 3.05) is 5.32 Å². The van der Waals surface area contributed by atoms with Crippen molar-refractivity contribution >= 4 is 46.4 Å². The van der Waals surface area contributed by atoms with Crippen LogP contribution in [0.3, 0.4) is 0 Å². The van der Waals surface area contributed by atoms with Crippen LogP contribution in [0, 0.1) is 13.8 Å². The average molecular weight is 439 g/mol. The molecule has 0 saturated carbocycles. The van der Waals surface area contributed by atoms with Crippen LogP contribution in [-0.2, 0) is 13.7 Å². The first-order chi connectivity index (χ1) is 13.3. The Hall–Kier alpha value is -2.21. The number of hydrogen-bond acceptors (Lipinski definition) is 3. The first-order valence-corrected chi connectivity index (χ1v) is 9.57. The zero-order valence-electron chi connectivity index (χ0n) is 15.5. The minimum absolute atomic E-state index is 0.202. The highest BCUT2D eigenvalue weighted by molar-refractivity contribution is 6.40. The van der Waals surface area contributed by atoms with Gasteiger partial charge in [-0.05, 0) is 43.7 Å². The SMILES string of the molecule is Cc1nn(C)c(C)c1NC(=O)c1cccc(COc2c(Cl)cc(Cl)cc2Cl)c1. The Bertz CT molecular complexity index is 1020. The first-order valence-electron chi connectivity index (χ1n) is 8.44. The van der Waals surface area contributed by atoms with Crippen molar-refractivity contribution in [3.05, 3.63) is 74.0 Å². The van der Waals surface area contributed by atoms with Gasteiger partial charge in [-0.2, -0.15) is 5.10 Å². The number of ether oxygens (including phenoxy) is 1. The van der Waals surface area contributed by atoms with Crippen LogP contribution in [0.4, 0.5) is 5.69 Å². The maximum absolute atomic E-state index is 12.7. The van der Waals surface area contributed by atoms with Crippen molar-refractivity contribution in [3.63, 3.8) is 0 Å². The second-order valence-electron chi connectivity index (χ2n) is 6.31. The van der Waals surface area contributed by atoms with Crippen molar-refractivity contribution < 1.29 is 9.53 Å². The molecule has 0 fully saturated rings. The maximum Gasteiger partial charge on any atom is 0.255 e. The van der Waals surface area contributed by atoms with Gasteiger partial charge < -0.3 is 10.1 Å². The number of benzene rings is 2. The van der Waals surface area contributed by atoms with Gasteiger partial charge in [0, 0.05) is 17.6 Å². The number of carbonyl (C=O) groups excluding carboxylic acids is 1. The lowest BCUT2D eigenvalue weighted by Crippen LogP contribution is -2.13. The van der Waals surface area contributed by atoms with Crippen LogP contribution < -0.4 is 10.1 Å². The van der Waals surface area contributed by atoms with Gasteiger partial charge in [-0.15, -0.1) is 0 Å². The molecule has 2 aromatic carbocycles. The van der Waals surface area contributed by atoms with Crippen LogP contribution in [0.2, 0.25) is 15.1 Å². The summed E-state index contributed by atoms with van der Waals surface area (Å²) in [7, 11) is 1.84. The van der Waals surface area contributed by atoms with Gasteiger partial charge in [0.2, 0.25) is 0 Å². The van der Waals surface area contributed by atoms with E-state index < -0.39 is 0 Å². The third kappa shape index (κ3) is 4.43. The molecule has 0 aliphatic carbocycles. The van der Waals surface area contributed by atoms with E-state index in [1.54, 1.807) is 35.0 Å². The molecule has 0 bridgehead atoms. The van der Waals surface area contributed by atoms with Gasteiger partial charge in [0.05, 0.1) is 27.1 Å². The minimum atomic E-state index is -0.219. The monoisotopic (exact) mass is 437 g/mol. The molecule has 28 heavy (non-hydrogen) atoms. The van der Waals surface area contributed by atoms with Gasteiger partial charge >= 0.3 is 0 Å². The summed E-state index contributed by atoms with van der Waals surface area (Å²) in [5, 5.41) is 8.32. The lowest BCUT2D eigenvalue weighted by Gasteiger charge is -2.11. The van der Waals surface area contributed by atoms with E-state index in [2.05, 4.69) is 10.4 Å². The Morgan fingerprint density at radius 1 is 1.14 bits per heavy atom. The number of nitrogens with one attached hydrogen (secondary N) is 1. The van der Waals surface area contributed by atoms with Gasteiger partial charge in [-0.25, -0.2) is 0 Å². The normalized spacial score (nSPS) is 10.8.